The van der Waals surface area contributed by atoms with E-state index in [4.69, 9.17) is 0 Å². The van der Waals surface area contributed by atoms with Crippen LogP contribution in [-0.4, -0.2) is 0 Å². The molecule has 6 unspecified atom stereocenters. The van der Waals surface area contributed by atoms with Crippen LogP contribution in [0.4, 0.5) is 0 Å². The van der Waals surface area contributed by atoms with E-state index >= 15 is 0 Å². The maximum absolute atomic E-state index is 2.51. The lowest BCUT2D eigenvalue weighted by Gasteiger charge is -2.19. The van der Waals surface area contributed by atoms with E-state index in [0.717, 1.165) is 22.7 Å². The Morgan fingerprint density at radius 3 is 2.36 bits per heavy atom. The van der Waals surface area contributed by atoms with Crippen molar-refractivity contribution < 1.29 is 0 Å². The first-order valence-electron chi connectivity index (χ1n) is 5.23. The molecule has 0 aromatic rings. The van der Waals surface area contributed by atoms with E-state index in [-0.39, 0.29) is 0 Å². The summed E-state index contributed by atoms with van der Waals surface area (Å²) in [6.07, 6.45) is 4.83. The molecular weight excluding hydrogens is 132 g/mol. The molecule has 2 bridgehead atoms. The van der Waals surface area contributed by atoms with Gasteiger partial charge in [0.05, 0.1) is 0 Å². The Bertz CT molecular complexity index is 257. The van der Waals surface area contributed by atoms with E-state index in [1.165, 1.54) is 11.8 Å². The lowest BCUT2D eigenvalue weighted by Crippen LogP contribution is -2.10. The molecule has 4 aliphatic carbocycles. The predicted molar refractivity (Wildman–Crippen MR) is 44.0 cm³/mol. The summed E-state index contributed by atoms with van der Waals surface area (Å²) in [6.45, 7) is 5.01. The van der Waals surface area contributed by atoms with Crippen molar-refractivity contribution in [3.63, 3.8) is 0 Å². The molecule has 0 nitrogen and oxygen atoms in total. The van der Waals surface area contributed by atoms with Crippen LogP contribution in [0, 0.1) is 34.5 Å². The van der Waals surface area contributed by atoms with Gasteiger partial charge in [-0.15, -0.1) is 0 Å². The van der Waals surface area contributed by atoms with Crippen molar-refractivity contribution in [2.75, 3.05) is 0 Å². The number of hydrogen-bond donors (Lipinski definition) is 0. The second kappa shape index (κ2) is 1.11. The summed E-state index contributed by atoms with van der Waals surface area (Å²) in [5.41, 5.74) is 1.86. The van der Waals surface area contributed by atoms with Crippen molar-refractivity contribution in [1.29, 1.82) is 0 Å². The fourth-order valence-electron chi connectivity index (χ4n) is 5.56. The molecule has 0 aromatic carbocycles. The van der Waals surface area contributed by atoms with E-state index in [0.29, 0.717) is 0 Å². The van der Waals surface area contributed by atoms with E-state index in [2.05, 4.69) is 13.8 Å². The van der Waals surface area contributed by atoms with Gasteiger partial charge in [-0.3, -0.25) is 0 Å². The summed E-state index contributed by atoms with van der Waals surface area (Å²) >= 11 is 0. The summed E-state index contributed by atoms with van der Waals surface area (Å²) in [5, 5.41) is 0. The van der Waals surface area contributed by atoms with Crippen LogP contribution in [0.3, 0.4) is 0 Å². The van der Waals surface area contributed by atoms with Gasteiger partial charge in [0.25, 0.3) is 0 Å². The van der Waals surface area contributed by atoms with Gasteiger partial charge in [-0.05, 0) is 53.8 Å². The third-order valence-corrected chi connectivity index (χ3v) is 6.15. The van der Waals surface area contributed by atoms with Gasteiger partial charge >= 0.3 is 0 Å². The smallest absolute Gasteiger partial charge is 0.0201 e. The van der Waals surface area contributed by atoms with Crippen LogP contribution < -0.4 is 0 Å². The fraction of sp³-hybridized carbons (Fsp3) is 1.00. The SMILES string of the molecule is CC1C2C13CCC21C(C)C1C3. The molecule has 0 aromatic heterocycles. The monoisotopic (exact) mass is 148 g/mol. The molecule has 0 radical (unpaired) electrons. The van der Waals surface area contributed by atoms with Gasteiger partial charge in [0.1, 0.15) is 0 Å². The lowest BCUT2D eigenvalue weighted by molar-refractivity contribution is 0.309. The third-order valence-electron chi connectivity index (χ3n) is 6.15. The van der Waals surface area contributed by atoms with Crippen LogP contribution >= 0.6 is 0 Å². The molecule has 11 heavy (non-hydrogen) atoms. The second-order valence-electron chi connectivity index (χ2n) is 5.71. The van der Waals surface area contributed by atoms with Crippen LogP contribution in [0.2, 0.25) is 0 Å². The molecule has 1 spiro atoms. The van der Waals surface area contributed by atoms with Crippen molar-refractivity contribution in [3.05, 3.63) is 0 Å². The quantitative estimate of drug-likeness (QED) is 0.495. The minimum absolute atomic E-state index is 0.928. The summed E-state index contributed by atoms with van der Waals surface area (Å²) in [6, 6.07) is 0. The van der Waals surface area contributed by atoms with Crippen molar-refractivity contribution in [2.45, 2.75) is 33.1 Å². The van der Waals surface area contributed by atoms with Crippen LogP contribution in [0.5, 0.6) is 0 Å². The molecule has 6 atom stereocenters. The predicted octanol–water partition coefficient (Wildman–Crippen LogP) is 2.69. The summed E-state index contributed by atoms with van der Waals surface area (Å²) in [7, 11) is 0. The Hall–Kier alpha value is 0. The standard InChI is InChI=1S/C11H16/c1-6-8-5-10-3-4-11(6,8)9(10)7(10)2/h6-9H,3-5H2,1-2H3. The third kappa shape index (κ3) is 0.302. The minimum atomic E-state index is 0.928. The lowest BCUT2D eigenvalue weighted by atomic mass is 9.86. The highest BCUT2D eigenvalue weighted by atomic mass is 14.9. The van der Waals surface area contributed by atoms with Gasteiger partial charge in [0.15, 0.2) is 0 Å². The summed E-state index contributed by atoms with van der Waals surface area (Å²) in [4.78, 5) is 0. The van der Waals surface area contributed by atoms with Gasteiger partial charge < -0.3 is 0 Å². The van der Waals surface area contributed by atoms with Gasteiger partial charge in [0, 0.05) is 0 Å². The highest BCUT2D eigenvalue weighted by Gasteiger charge is 2.89. The minimum Gasteiger partial charge on any atom is -0.0617 e. The van der Waals surface area contributed by atoms with E-state index in [1.807, 2.05) is 0 Å². The molecule has 4 aliphatic rings. The highest BCUT2D eigenvalue weighted by molar-refractivity contribution is 5.36. The van der Waals surface area contributed by atoms with Crippen LogP contribution in [0.25, 0.3) is 0 Å². The first-order valence-corrected chi connectivity index (χ1v) is 5.23. The van der Waals surface area contributed by atoms with Crippen molar-refractivity contribution in [3.8, 4) is 0 Å². The van der Waals surface area contributed by atoms with E-state index < -0.39 is 0 Å². The van der Waals surface area contributed by atoms with Gasteiger partial charge in [-0.25, -0.2) is 0 Å². The molecule has 0 aliphatic heterocycles. The first kappa shape index (κ1) is 5.61. The molecule has 0 saturated heterocycles. The molecule has 4 rings (SSSR count). The fourth-order valence-corrected chi connectivity index (χ4v) is 5.56. The van der Waals surface area contributed by atoms with E-state index in [1.54, 1.807) is 19.3 Å². The van der Waals surface area contributed by atoms with E-state index in [9.17, 15) is 0 Å². The molecule has 0 heterocycles. The summed E-state index contributed by atoms with van der Waals surface area (Å²) in [5.74, 6) is 4.64. The van der Waals surface area contributed by atoms with Crippen LogP contribution in [-0.2, 0) is 0 Å². The Morgan fingerprint density at radius 2 is 1.91 bits per heavy atom. The molecule has 4 fully saturated rings. The molecule has 0 N–H and O–H groups in total. The molecule has 4 saturated carbocycles. The average molecular weight is 148 g/mol. The zero-order valence-electron chi connectivity index (χ0n) is 7.43. The van der Waals surface area contributed by atoms with Crippen LogP contribution in [0.15, 0.2) is 0 Å². The maximum Gasteiger partial charge on any atom is -0.0201 e. The van der Waals surface area contributed by atoms with Gasteiger partial charge in [-0.1, -0.05) is 13.8 Å². The van der Waals surface area contributed by atoms with Crippen molar-refractivity contribution in [1.82, 2.24) is 0 Å². The molecule has 0 heteroatoms. The largest absolute Gasteiger partial charge is 0.0617 e. The number of rotatable bonds is 0. The Kier molecular flexibility index (Phi) is 0.567. The Morgan fingerprint density at radius 1 is 1.09 bits per heavy atom. The Balaban J connectivity index is 1.90. The highest BCUT2D eigenvalue weighted by Crippen LogP contribution is 2.94. The summed E-state index contributed by atoms with van der Waals surface area (Å²) < 4.78 is 0. The molecule has 0 amide bonds. The average Bonchev–Trinajstić information content (AvgIpc) is 2.68. The van der Waals surface area contributed by atoms with Crippen LogP contribution in [0.1, 0.15) is 33.1 Å². The molecular formula is C11H16. The normalized spacial score (nSPS) is 81.3. The maximum atomic E-state index is 2.51. The zero-order chi connectivity index (χ0) is 7.43. The van der Waals surface area contributed by atoms with Crippen molar-refractivity contribution in [2.24, 2.45) is 34.5 Å². The first-order chi connectivity index (χ1) is 5.23. The second-order valence-corrected chi connectivity index (χ2v) is 5.71. The molecule has 60 valence electrons. The topological polar surface area (TPSA) is 0 Å². The van der Waals surface area contributed by atoms with Gasteiger partial charge in [-0.2, -0.15) is 0 Å². The Labute approximate surface area is 68.4 Å². The van der Waals surface area contributed by atoms with Gasteiger partial charge in [0.2, 0.25) is 0 Å². The van der Waals surface area contributed by atoms with Crippen molar-refractivity contribution >= 4 is 0 Å². The zero-order valence-corrected chi connectivity index (χ0v) is 7.43. The number of hydrogen-bond acceptors (Lipinski definition) is 0.